The Morgan fingerprint density at radius 3 is 2.82 bits per heavy atom. The summed E-state index contributed by atoms with van der Waals surface area (Å²) in [5.41, 5.74) is 1.82. The maximum Gasteiger partial charge on any atom is 0.335 e. The van der Waals surface area contributed by atoms with E-state index in [0.29, 0.717) is 12.1 Å². The molecule has 5 heteroatoms. The van der Waals surface area contributed by atoms with Crippen LogP contribution in [0.4, 0.5) is 4.70 Å². The molecule has 0 fully saturated rings. The zero-order valence-corrected chi connectivity index (χ0v) is 11.4. The van der Waals surface area contributed by atoms with Gasteiger partial charge in [-0.05, 0) is 34.2 Å². The zero-order chi connectivity index (χ0) is 11.5. The van der Waals surface area contributed by atoms with Crippen molar-refractivity contribution >= 4 is 28.6 Å². The Kier molecular flexibility index (Phi) is 5.07. The van der Waals surface area contributed by atoms with Gasteiger partial charge in [0.2, 0.25) is 0 Å². The molecular weight excluding hydrogens is 336 g/mol. The fourth-order valence-electron chi connectivity index (χ4n) is 1.82. The molecule has 17 heavy (non-hydrogen) atoms. The summed E-state index contributed by atoms with van der Waals surface area (Å²) in [6, 6.07) is 7.99. The van der Waals surface area contributed by atoms with Crippen molar-refractivity contribution in [1.29, 1.82) is 0 Å². The molecule has 1 atom stereocenters. The average molecular weight is 349 g/mol. The molecule has 1 aromatic carbocycles. The highest BCUT2D eigenvalue weighted by molar-refractivity contribution is 14.1. The molecule has 0 radical (unpaired) electrons. The number of carbonyl (C=O) groups excluding carboxylic acids is 1. The quantitative estimate of drug-likeness (QED) is 0.657. The van der Waals surface area contributed by atoms with Gasteiger partial charge >= 0.3 is 5.97 Å². The molecule has 92 valence electrons. The van der Waals surface area contributed by atoms with E-state index in [-0.39, 0.29) is 16.7 Å². The summed E-state index contributed by atoms with van der Waals surface area (Å²) in [7, 11) is 1.41. The standard InChI is InChI=1S/C12H12INO2.FH/c1-16-12(15)9-6-7-14-11(9)8-4-2-3-5-10(8)13;/h2-6,11,14H,7H2,1H3;1H. The van der Waals surface area contributed by atoms with Crippen molar-refractivity contribution < 1.29 is 14.2 Å². The van der Waals surface area contributed by atoms with Crippen molar-refractivity contribution in [2.24, 2.45) is 0 Å². The van der Waals surface area contributed by atoms with Crippen molar-refractivity contribution in [1.82, 2.24) is 5.32 Å². The highest BCUT2D eigenvalue weighted by Gasteiger charge is 2.27. The third-order valence-electron chi connectivity index (χ3n) is 2.59. The van der Waals surface area contributed by atoms with Crippen LogP contribution in [0.5, 0.6) is 0 Å². The van der Waals surface area contributed by atoms with Gasteiger partial charge in [-0.25, -0.2) is 4.79 Å². The van der Waals surface area contributed by atoms with Crippen molar-refractivity contribution in [3.63, 3.8) is 0 Å². The second-order valence-corrected chi connectivity index (χ2v) is 4.68. The number of rotatable bonds is 2. The van der Waals surface area contributed by atoms with E-state index in [2.05, 4.69) is 27.9 Å². The Bertz CT molecular complexity index is 448. The van der Waals surface area contributed by atoms with E-state index in [9.17, 15) is 4.79 Å². The predicted molar refractivity (Wildman–Crippen MR) is 72.5 cm³/mol. The van der Waals surface area contributed by atoms with Gasteiger partial charge in [0.1, 0.15) is 0 Å². The predicted octanol–water partition coefficient (Wildman–Crippen LogP) is 2.19. The highest BCUT2D eigenvalue weighted by Crippen LogP contribution is 2.29. The van der Waals surface area contributed by atoms with Gasteiger partial charge in [-0.2, -0.15) is 0 Å². The molecule has 1 aliphatic rings. The Balaban J connectivity index is 0.00000144. The lowest BCUT2D eigenvalue weighted by molar-refractivity contribution is -0.136. The van der Waals surface area contributed by atoms with Crippen LogP contribution in [-0.4, -0.2) is 19.6 Å². The van der Waals surface area contributed by atoms with Crippen LogP contribution in [0, 0.1) is 3.57 Å². The number of benzene rings is 1. The first-order valence-corrected chi connectivity index (χ1v) is 6.08. The number of hydrogen-bond donors (Lipinski definition) is 1. The lowest BCUT2D eigenvalue weighted by atomic mass is 10.0. The molecule has 1 aromatic rings. The molecule has 0 saturated carbocycles. The lowest BCUT2D eigenvalue weighted by Crippen LogP contribution is -2.21. The summed E-state index contributed by atoms with van der Waals surface area (Å²) >= 11 is 2.28. The van der Waals surface area contributed by atoms with E-state index < -0.39 is 0 Å². The van der Waals surface area contributed by atoms with Crippen molar-refractivity contribution in [3.05, 3.63) is 45.0 Å². The molecule has 1 aliphatic heterocycles. The van der Waals surface area contributed by atoms with Crippen molar-refractivity contribution in [3.8, 4) is 0 Å². The summed E-state index contributed by atoms with van der Waals surface area (Å²) in [6.07, 6.45) is 1.89. The molecule has 0 aromatic heterocycles. The van der Waals surface area contributed by atoms with Crippen LogP contribution in [0.1, 0.15) is 11.6 Å². The first kappa shape index (κ1) is 14.1. The zero-order valence-electron chi connectivity index (χ0n) is 9.27. The number of halogens is 2. The van der Waals surface area contributed by atoms with Crippen LogP contribution >= 0.6 is 22.6 Å². The van der Waals surface area contributed by atoms with Crippen LogP contribution in [-0.2, 0) is 9.53 Å². The Hall–Kier alpha value is -0.950. The van der Waals surface area contributed by atoms with E-state index in [1.807, 2.05) is 30.3 Å². The summed E-state index contributed by atoms with van der Waals surface area (Å²) in [5, 5.41) is 3.28. The molecular formula is C12H13FINO2. The number of ether oxygens (including phenoxy) is 1. The summed E-state index contributed by atoms with van der Waals surface area (Å²) < 4.78 is 5.92. The smallest absolute Gasteiger partial charge is 0.335 e. The fourth-order valence-corrected chi connectivity index (χ4v) is 2.52. The summed E-state index contributed by atoms with van der Waals surface area (Å²) in [4.78, 5) is 11.6. The second-order valence-electron chi connectivity index (χ2n) is 3.51. The van der Waals surface area contributed by atoms with E-state index in [1.54, 1.807) is 0 Å². The topological polar surface area (TPSA) is 38.3 Å². The van der Waals surface area contributed by atoms with Crippen LogP contribution in [0.3, 0.4) is 0 Å². The molecule has 1 N–H and O–H groups in total. The largest absolute Gasteiger partial charge is 0.466 e. The monoisotopic (exact) mass is 349 g/mol. The Morgan fingerprint density at radius 1 is 1.47 bits per heavy atom. The van der Waals surface area contributed by atoms with Gasteiger partial charge in [-0.15, -0.1) is 0 Å². The summed E-state index contributed by atoms with van der Waals surface area (Å²) in [5.74, 6) is -0.255. The minimum absolute atomic E-state index is 0. The Labute approximate surface area is 113 Å². The minimum atomic E-state index is -0.255. The van der Waals surface area contributed by atoms with E-state index in [1.165, 1.54) is 7.11 Å². The highest BCUT2D eigenvalue weighted by atomic mass is 127. The fraction of sp³-hybridized carbons (Fsp3) is 0.250. The molecule has 0 aliphatic carbocycles. The molecule has 0 amide bonds. The number of nitrogens with one attached hydrogen (secondary N) is 1. The average Bonchev–Trinajstić information content (AvgIpc) is 2.77. The normalized spacial score (nSPS) is 18.2. The molecule has 0 bridgehead atoms. The number of methoxy groups -OCH3 is 1. The van der Waals surface area contributed by atoms with Gasteiger partial charge < -0.3 is 10.1 Å². The molecule has 0 spiro atoms. The third-order valence-corrected chi connectivity index (χ3v) is 3.57. The van der Waals surface area contributed by atoms with E-state index >= 15 is 0 Å². The molecule has 1 heterocycles. The van der Waals surface area contributed by atoms with Gasteiger partial charge in [0.05, 0.1) is 18.7 Å². The minimum Gasteiger partial charge on any atom is -0.466 e. The first-order chi connectivity index (χ1) is 7.74. The van der Waals surface area contributed by atoms with Crippen molar-refractivity contribution in [2.45, 2.75) is 6.04 Å². The summed E-state index contributed by atoms with van der Waals surface area (Å²) in [6.45, 7) is 0.708. The van der Waals surface area contributed by atoms with Gasteiger partial charge in [0, 0.05) is 10.1 Å². The van der Waals surface area contributed by atoms with E-state index in [0.717, 1.165) is 9.13 Å². The maximum atomic E-state index is 11.6. The first-order valence-electron chi connectivity index (χ1n) is 5.00. The van der Waals surface area contributed by atoms with Crippen LogP contribution < -0.4 is 5.32 Å². The number of hydrogen-bond acceptors (Lipinski definition) is 3. The SMILES string of the molecule is COC(=O)C1=CCNC1c1ccccc1I.F. The van der Waals surface area contributed by atoms with Gasteiger partial charge in [0.15, 0.2) is 0 Å². The number of carbonyl (C=O) groups is 1. The van der Waals surface area contributed by atoms with Crippen molar-refractivity contribution in [2.75, 3.05) is 13.7 Å². The van der Waals surface area contributed by atoms with Crippen LogP contribution in [0.15, 0.2) is 35.9 Å². The number of esters is 1. The third kappa shape index (κ3) is 2.84. The molecule has 1 unspecified atom stereocenters. The van der Waals surface area contributed by atoms with Crippen LogP contribution in [0.25, 0.3) is 0 Å². The maximum absolute atomic E-state index is 11.6. The molecule has 0 saturated heterocycles. The molecule has 3 nitrogen and oxygen atoms in total. The molecule has 2 rings (SSSR count). The van der Waals surface area contributed by atoms with Gasteiger partial charge in [0.25, 0.3) is 0 Å². The second kappa shape index (κ2) is 6.11. The lowest BCUT2D eigenvalue weighted by Gasteiger charge is -2.16. The van der Waals surface area contributed by atoms with Crippen LogP contribution in [0.2, 0.25) is 0 Å². The van der Waals surface area contributed by atoms with E-state index in [4.69, 9.17) is 4.74 Å². The van der Waals surface area contributed by atoms with Gasteiger partial charge in [-0.3, -0.25) is 4.70 Å². The van der Waals surface area contributed by atoms with Gasteiger partial charge in [-0.1, -0.05) is 24.3 Å². The Morgan fingerprint density at radius 2 is 2.18 bits per heavy atom.